The van der Waals surface area contributed by atoms with Crippen LogP contribution in [0.25, 0.3) is 5.69 Å². The average Bonchev–Trinajstić information content (AvgIpc) is 3.39. The largest absolute Gasteiger partial charge is 0.352 e. The molecule has 4 aromatic rings. The molecule has 0 radical (unpaired) electrons. The summed E-state index contributed by atoms with van der Waals surface area (Å²) in [5.41, 5.74) is 8.84. The van der Waals surface area contributed by atoms with Gasteiger partial charge in [0.15, 0.2) is 5.11 Å². The van der Waals surface area contributed by atoms with E-state index >= 15 is 0 Å². The lowest BCUT2D eigenvalue weighted by Gasteiger charge is -2.28. The number of hydrogen-bond donors (Lipinski definition) is 2. The van der Waals surface area contributed by atoms with Crippen LogP contribution in [0.1, 0.15) is 52.3 Å². The van der Waals surface area contributed by atoms with Crippen LogP contribution >= 0.6 is 12.2 Å². The summed E-state index contributed by atoms with van der Waals surface area (Å²) in [4.78, 5) is 19.6. The van der Waals surface area contributed by atoms with Crippen LogP contribution in [0, 0.1) is 27.7 Å². The third-order valence-corrected chi connectivity index (χ3v) is 7.58. The van der Waals surface area contributed by atoms with Gasteiger partial charge in [0.2, 0.25) is 5.91 Å². The smallest absolute Gasteiger partial charge is 0.226 e. The van der Waals surface area contributed by atoms with Crippen LogP contribution in [0.5, 0.6) is 0 Å². The second kappa shape index (κ2) is 10.8. The van der Waals surface area contributed by atoms with Crippen molar-refractivity contribution >= 4 is 28.9 Å². The number of rotatable bonds is 7. The molecular weight excluding hydrogens is 490 g/mol. The molecule has 1 aliphatic heterocycles. The number of benzene rings is 2. The van der Waals surface area contributed by atoms with E-state index in [1.165, 1.54) is 22.4 Å². The van der Waals surface area contributed by atoms with Crippen molar-refractivity contribution in [3.05, 3.63) is 113 Å². The highest BCUT2D eigenvalue weighted by molar-refractivity contribution is 7.80. The van der Waals surface area contributed by atoms with E-state index in [-0.39, 0.29) is 18.0 Å². The van der Waals surface area contributed by atoms with Gasteiger partial charge in [0.25, 0.3) is 0 Å². The summed E-state index contributed by atoms with van der Waals surface area (Å²) in [5.74, 6) is -0.0418. The first-order chi connectivity index (χ1) is 18.3. The lowest BCUT2D eigenvalue weighted by atomic mass is 9.96. The molecule has 7 heteroatoms. The zero-order valence-corrected chi connectivity index (χ0v) is 23.0. The highest BCUT2D eigenvalue weighted by Gasteiger charge is 2.41. The fourth-order valence-corrected chi connectivity index (χ4v) is 5.70. The summed E-state index contributed by atoms with van der Waals surface area (Å²) in [6.45, 7) is 9.07. The van der Waals surface area contributed by atoms with Gasteiger partial charge in [-0.2, -0.15) is 0 Å². The molecule has 1 saturated heterocycles. The van der Waals surface area contributed by atoms with Gasteiger partial charge in [-0.3, -0.25) is 9.78 Å². The molecule has 0 bridgehead atoms. The molecule has 2 N–H and O–H groups in total. The van der Waals surface area contributed by atoms with Crippen molar-refractivity contribution < 1.29 is 4.79 Å². The molecule has 1 aliphatic rings. The van der Waals surface area contributed by atoms with Crippen molar-refractivity contribution in [2.75, 3.05) is 11.9 Å². The lowest BCUT2D eigenvalue weighted by molar-refractivity contribution is -0.116. The molecule has 0 saturated carbocycles. The first-order valence-electron chi connectivity index (χ1n) is 12.9. The summed E-state index contributed by atoms with van der Waals surface area (Å²) in [5, 5.41) is 7.14. The van der Waals surface area contributed by atoms with Crippen LogP contribution < -0.4 is 10.6 Å². The molecule has 6 nitrogen and oxygen atoms in total. The number of para-hydroxylation sites is 1. The highest BCUT2D eigenvalue weighted by atomic mass is 32.1. The minimum atomic E-state index is -0.131. The molecule has 194 valence electrons. The van der Waals surface area contributed by atoms with Crippen LogP contribution in [-0.2, 0) is 4.79 Å². The van der Waals surface area contributed by atoms with E-state index in [4.69, 9.17) is 12.2 Å². The van der Waals surface area contributed by atoms with Crippen molar-refractivity contribution in [2.45, 2.75) is 46.2 Å². The Labute approximate surface area is 229 Å². The number of anilines is 1. The maximum Gasteiger partial charge on any atom is 0.226 e. The Balaban J connectivity index is 1.50. The van der Waals surface area contributed by atoms with Crippen molar-refractivity contribution in [2.24, 2.45) is 0 Å². The number of thiocarbonyl (C=S) groups is 1. The second-order valence-corrected chi connectivity index (χ2v) is 10.3. The lowest BCUT2D eigenvalue weighted by Crippen LogP contribution is -2.32. The SMILES string of the molecule is Cc1ccc(C)c(-n2c(C)cc([C@@H]3[C@@H](c4ccccn4)NC(=S)N3CCC(=O)Nc3ccccc3)c2C)c1. The van der Waals surface area contributed by atoms with Gasteiger partial charge in [0.05, 0.1) is 17.8 Å². The van der Waals surface area contributed by atoms with Crippen LogP contribution in [0.3, 0.4) is 0 Å². The van der Waals surface area contributed by atoms with Gasteiger partial charge in [-0.05, 0) is 93.0 Å². The normalized spacial score (nSPS) is 16.9. The summed E-state index contributed by atoms with van der Waals surface area (Å²) in [7, 11) is 0. The Morgan fingerprint density at radius 2 is 1.76 bits per heavy atom. The molecule has 2 aromatic carbocycles. The van der Waals surface area contributed by atoms with Gasteiger partial charge in [0.1, 0.15) is 0 Å². The number of pyridine rings is 1. The number of aromatic nitrogens is 2. The van der Waals surface area contributed by atoms with Gasteiger partial charge < -0.3 is 20.1 Å². The first kappa shape index (κ1) is 25.7. The third kappa shape index (κ3) is 5.07. The zero-order valence-electron chi connectivity index (χ0n) is 22.2. The van der Waals surface area contributed by atoms with Gasteiger partial charge in [0, 0.05) is 41.9 Å². The molecule has 0 spiro atoms. The van der Waals surface area contributed by atoms with E-state index in [9.17, 15) is 4.79 Å². The van der Waals surface area contributed by atoms with E-state index in [1.807, 2.05) is 54.7 Å². The molecule has 2 aromatic heterocycles. The second-order valence-electron chi connectivity index (χ2n) is 9.94. The number of carbonyl (C=O) groups excluding carboxylic acids is 1. The van der Waals surface area contributed by atoms with E-state index in [1.54, 1.807) is 0 Å². The molecule has 2 atom stereocenters. The summed E-state index contributed by atoms with van der Waals surface area (Å²) in [6, 6.07) is 24.1. The average molecular weight is 524 g/mol. The van der Waals surface area contributed by atoms with Crippen LogP contribution in [0.4, 0.5) is 5.69 Å². The maximum absolute atomic E-state index is 12.8. The standard InChI is InChI=1S/C31H33N5OS/c1-20-13-14-21(2)27(18-20)36-22(3)19-25(23(36)4)30-29(26-12-8-9-16-32-26)34-31(38)35(30)17-15-28(37)33-24-10-6-5-7-11-24/h5-14,16,18-19,29-30H,15,17H2,1-4H3,(H,33,37)(H,34,38)/t29-,30-/m1/s1. The quantitative estimate of drug-likeness (QED) is 0.286. The molecule has 0 unspecified atom stereocenters. The van der Waals surface area contributed by atoms with Crippen molar-refractivity contribution in [3.63, 3.8) is 0 Å². The molecule has 1 fully saturated rings. The number of amides is 1. The number of carbonyl (C=O) groups is 1. The molecule has 38 heavy (non-hydrogen) atoms. The van der Waals surface area contributed by atoms with E-state index < -0.39 is 0 Å². The van der Waals surface area contributed by atoms with Crippen molar-refractivity contribution in [1.82, 2.24) is 19.8 Å². The minimum Gasteiger partial charge on any atom is -0.352 e. The summed E-state index contributed by atoms with van der Waals surface area (Å²) >= 11 is 5.84. The Bertz CT molecular complexity index is 1460. The Morgan fingerprint density at radius 1 is 1.00 bits per heavy atom. The number of hydrogen-bond acceptors (Lipinski definition) is 3. The minimum absolute atomic E-state index is 0.0418. The molecule has 0 aliphatic carbocycles. The predicted octanol–water partition coefficient (Wildman–Crippen LogP) is 6.11. The fraction of sp³-hybridized carbons (Fsp3) is 0.258. The Hall–Kier alpha value is -3.97. The van der Waals surface area contributed by atoms with E-state index in [0.717, 1.165) is 22.8 Å². The summed E-state index contributed by atoms with van der Waals surface area (Å²) in [6.07, 6.45) is 2.13. The van der Waals surface area contributed by atoms with Crippen molar-refractivity contribution in [3.8, 4) is 5.69 Å². The van der Waals surface area contributed by atoms with E-state index in [0.29, 0.717) is 18.1 Å². The zero-order chi connectivity index (χ0) is 26.8. The van der Waals surface area contributed by atoms with Gasteiger partial charge in [-0.25, -0.2) is 0 Å². The predicted molar refractivity (Wildman–Crippen MR) is 157 cm³/mol. The van der Waals surface area contributed by atoms with Gasteiger partial charge >= 0.3 is 0 Å². The fourth-order valence-electron chi connectivity index (χ4n) is 5.37. The maximum atomic E-state index is 12.8. The van der Waals surface area contributed by atoms with Gasteiger partial charge in [-0.15, -0.1) is 0 Å². The third-order valence-electron chi connectivity index (χ3n) is 7.23. The molecular formula is C31H33N5OS. The molecule has 3 heterocycles. The number of nitrogens with one attached hydrogen (secondary N) is 2. The Morgan fingerprint density at radius 3 is 2.50 bits per heavy atom. The monoisotopic (exact) mass is 523 g/mol. The highest BCUT2D eigenvalue weighted by Crippen LogP contribution is 2.41. The van der Waals surface area contributed by atoms with E-state index in [2.05, 4.69) is 77.0 Å². The number of nitrogens with zero attached hydrogens (tertiary/aromatic N) is 3. The van der Waals surface area contributed by atoms with Crippen molar-refractivity contribution in [1.29, 1.82) is 0 Å². The number of aryl methyl sites for hydroxylation is 3. The topological polar surface area (TPSA) is 62.2 Å². The van der Waals surface area contributed by atoms with Crippen LogP contribution in [0.15, 0.2) is 79.0 Å². The molecule has 5 rings (SSSR count). The van der Waals surface area contributed by atoms with Crippen LogP contribution in [-0.4, -0.2) is 32.0 Å². The van der Waals surface area contributed by atoms with Gasteiger partial charge in [-0.1, -0.05) is 36.4 Å². The first-order valence-corrected chi connectivity index (χ1v) is 13.3. The summed E-state index contributed by atoms with van der Waals surface area (Å²) < 4.78 is 2.33. The molecule has 1 amide bonds. The Kier molecular flexibility index (Phi) is 7.29. The van der Waals surface area contributed by atoms with Crippen LogP contribution in [0.2, 0.25) is 0 Å².